The number of rotatable bonds is 5. The van der Waals surface area contributed by atoms with Gasteiger partial charge in [-0.15, -0.1) is 0 Å². The minimum atomic E-state index is -0.248. The zero-order chi connectivity index (χ0) is 15.7. The van der Waals surface area contributed by atoms with Crippen LogP contribution in [0.25, 0.3) is 0 Å². The maximum atomic E-state index is 12.3. The fraction of sp³-hybridized carbons (Fsp3) is 0.533. The van der Waals surface area contributed by atoms with E-state index in [9.17, 15) is 4.79 Å². The standard InChI is InChI=1S/C15H21Cl2N3O/c1-8-4-10(8)7-20(3)9(2)15(21)19-14-12(16)5-11(18)6-13(14)17/h5-6,8-10H,4,7,18H2,1-3H3,(H,19,21). The van der Waals surface area contributed by atoms with E-state index in [4.69, 9.17) is 28.9 Å². The molecular weight excluding hydrogens is 309 g/mol. The molecule has 1 aromatic carbocycles. The highest BCUT2D eigenvalue weighted by Gasteiger charge is 2.34. The van der Waals surface area contributed by atoms with Crippen molar-refractivity contribution in [3.63, 3.8) is 0 Å². The Bertz CT molecular complexity index is 527. The average molecular weight is 330 g/mol. The number of benzene rings is 1. The van der Waals surface area contributed by atoms with Crippen LogP contribution in [0.5, 0.6) is 0 Å². The predicted molar refractivity (Wildman–Crippen MR) is 88.9 cm³/mol. The number of nitrogens with two attached hydrogens (primary N) is 1. The van der Waals surface area contributed by atoms with Gasteiger partial charge < -0.3 is 11.1 Å². The van der Waals surface area contributed by atoms with Crippen LogP contribution >= 0.6 is 23.2 Å². The molecule has 6 heteroatoms. The molecule has 4 nitrogen and oxygen atoms in total. The number of nitrogens with zero attached hydrogens (tertiary/aromatic N) is 1. The van der Waals surface area contributed by atoms with Gasteiger partial charge in [0.25, 0.3) is 0 Å². The van der Waals surface area contributed by atoms with Crippen molar-refractivity contribution in [3.8, 4) is 0 Å². The lowest BCUT2D eigenvalue weighted by atomic mass is 10.2. The topological polar surface area (TPSA) is 58.4 Å². The van der Waals surface area contributed by atoms with E-state index in [1.54, 1.807) is 12.1 Å². The van der Waals surface area contributed by atoms with Gasteiger partial charge >= 0.3 is 0 Å². The highest BCUT2D eigenvalue weighted by molar-refractivity contribution is 6.40. The molecule has 1 aliphatic rings. The second-order valence-corrected chi connectivity index (χ2v) is 6.75. The number of halogens is 2. The minimum absolute atomic E-state index is 0.126. The summed E-state index contributed by atoms with van der Waals surface area (Å²) in [5.74, 6) is 1.34. The second-order valence-electron chi connectivity index (χ2n) is 5.94. The van der Waals surface area contributed by atoms with Gasteiger partial charge in [-0.1, -0.05) is 30.1 Å². The number of carbonyl (C=O) groups is 1. The van der Waals surface area contributed by atoms with Crippen LogP contribution in [0.3, 0.4) is 0 Å². The van der Waals surface area contributed by atoms with E-state index in [1.165, 1.54) is 6.42 Å². The second kappa shape index (κ2) is 6.42. The molecule has 0 heterocycles. The first-order valence-electron chi connectivity index (χ1n) is 7.05. The van der Waals surface area contributed by atoms with Crippen LogP contribution < -0.4 is 11.1 Å². The molecule has 1 fully saturated rings. The molecular formula is C15H21Cl2N3O. The van der Waals surface area contributed by atoms with Crippen LogP contribution in [-0.4, -0.2) is 30.4 Å². The highest BCUT2D eigenvalue weighted by Crippen LogP contribution is 2.38. The van der Waals surface area contributed by atoms with E-state index >= 15 is 0 Å². The van der Waals surface area contributed by atoms with Crippen molar-refractivity contribution in [2.45, 2.75) is 26.3 Å². The number of hydrogen-bond acceptors (Lipinski definition) is 3. The molecule has 21 heavy (non-hydrogen) atoms. The van der Waals surface area contributed by atoms with Crippen LogP contribution in [0.1, 0.15) is 20.3 Å². The number of likely N-dealkylation sites (N-methyl/N-ethyl adjacent to an activating group) is 1. The summed E-state index contributed by atoms with van der Waals surface area (Å²) in [6.07, 6.45) is 1.24. The molecule has 0 spiro atoms. The highest BCUT2D eigenvalue weighted by atomic mass is 35.5. The number of amides is 1. The summed E-state index contributed by atoms with van der Waals surface area (Å²) in [7, 11) is 1.96. The van der Waals surface area contributed by atoms with Gasteiger partial charge in [-0.3, -0.25) is 9.69 Å². The summed E-state index contributed by atoms with van der Waals surface area (Å²) in [6, 6.07) is 2.90. The molecule has 3 N–H and O–H groups in total. The number of carbonyl (C=O) groups excluding carboxylic acids is 1. The van der Waals surface area contributed by atoms with Gasteiger partial charge in [-0.2, -0.15) is 0 Å². The zero-order valence-corrected chi connectivity index (χ0v) is 14.0. The summed E-state index contributed by atoms with van der Waals surface area (Å²) in [5, 5.41) is 3.48. The molecule has 1 amide bonds. The van der Waals surface area contributed by atoms with Gasteiger partial charge in [-0.25, -0.2) is 0 Å². The van der Waals surface area contributed by atoms with Crippen molar-refractivity contribution in [1.29, 1.82) is 0 Å². The van der Waals surface area contributed by atoms with E-state index in [0.29, 0.717) is 27.3 Å². The third-order valence-electron chi connectivity index (χ3n) is 4.15. The van der Waals surface area contributed by atoms with Crippen LogP contribution in [0.15, 0.2) is 12.1 Å². The first-order valence-corrected chi connectivity index (χ1v) is 7.80. The smallest absolute Gasteiger partial charge is 0.241 e. The SMILES string of the molecule is CC1CC1CN(C)C(C)C(=O)Nc1c(Cl)cc(N)cc1Cl. The van der Waals surface area contributed by atoms with Crippen molar-refractivity contribution in [2.75, 3.05) is 24.6 Å². The maximum absolute atomic E-state index is 12.3. The lowest BCUT2D eigenvalue weighted by Gasteiger charge is -2.24. The van der Waals surface area contributed by atoms with E-state index in [1.807, 2.05) is 14.0 Å². The molecule has 1 saturated carbocycles. The Hall–Kier alpha value is -0.970. The summed E-state index contributed by atoms with van der Waals surface area (Å²) in [5.41, 5.74) is 6.53. The van der Waals surface area contributed by atoms with Crippen LogP contribution in [-0.2, 0) is 4.79 Å². The normalized spacial score (nSPS) is 22.2. The van der Waals surface area contributed by atoms with Crippen molar-refractivity contribution >= 4 is 40.5 Å². The van der Waals surface area contributed by atoms with E-state index < -0.39 is 0 Å². The largest absolute Gasteiger partial charge is 0.399 e. The van der Waals surface area contributed by atoms with Gasteiger partial charge in [0.05, 0.1) is 21.8 Å². The van der Waals surface area contributed by atoms with Gasteiger partial charge in [0, 0.05) is 12.2 Å². The van der Waals surface area contributed by atoms with Crippen molar-refractivity contribution in [2.24, 2.45) is 11.8 Å². The maximum Gasteiger partial charge on any atom is 0.241 e. The van der Waals surface area contributed by atoms with Gasteiger partial charge in [0.15, 0.2) is 0 Å². The fourth-order valence-corrected chi connectivity index (χ4v) is 2.92. The molecule has 1 aromatic rings. The molecule has 3 unspecified atom stereocenters. The van der Waals surface area contributed by atoms with Crippen LogP contribution in [0.4, 0.5) is 11.4 Å². The lowest BCUT2D eigenvalue weighted by Crippen LogP contribution is -2.40. The Labute approximate surface area is 135 Å². The summed E-state index contributed by atoms with van der Waals surface area (Å²) in [4.78, 5) is 14.4. The molecule has 0 aromatic heterocycles. The van der Waals surface area contributed by atoms with E-state index in [-0.39, 0.29) is 11.9 Å². The zero-order valence-electron chi connectivity index (χ0n) is 12.5. The van der Waals surface area contributed by atoms with Crippen molar-refractivity contribution in [1.82, 2.24) is 4.90 Å². The molecule has 0 aliphatic heterocycles. The molecule has 1 aliphatic carbocycles. The summed E-state index contributed by atoms with van der Waals surface area (Å²) in [6.45, 7) is 5.04. The predicted octanol–water partition coefficient (Wildman–Crippen LogP) is 3.49. The van der Waals surface area contributed by atoms with Gasteiger partial charge in [0.2, 0.25) is 5.91 Å². The third-order valence-corrected chi connectivity index (χ3v) is 4.75. The molecule has 2 rings (SSSR count). The number of hydrogen-bond donors (Lipinski definition) is 2. The average Bonchev–Trinajstić information content (AvgIpc) is 3.07. The molecule has 0 saturated heterocycles. The Kier molecular flexibility index (Phi) is 5.02. The number of nitrogen functional groups attached to an aromatic ring is 1. The minimum Gasteiger partial charge on any atom is -0.399 e. The fourth-order valence-electron chi connectivity index (χ4n) is 2.32. The Morgan fingerprint density at radius 3 is 2.48 bits per heavy atom. The van der Waals surface area contributed by atoms with Crippen molar-refractivity contribution < 1.29 is 4.79 Å². The Balaban J connectivity index is 2.00. The Morgan fingerprint density at radius 2 is 2.00 bits per heavy atom. The molecule has 116 valence electrons. The Morgan fingerprint density at radius 1 is 1.48 bits per heavy atom. The number of anilines is 2. The molecule has 0 bridgehead atoms. The lowest BCUT2D eigenvalue weighted by molar-refractivity contribution is -0.120. The van der Waals surface area contributed by atoms with Crippen LogP contribution in [0.2, 0.25) is 10.0 Å². The molecule has 0 radical (unpaired) electrons. The van der Waals surface area contributed by atoms with E-state index in [0.717, 1.165) is 12.5 Å². The van der Waals surface area contributed by atoms with Gasteiger partial charge in [-0.05, 0) is 44.4 Å². The summed E-state index contributed by atoms with van der Waals surface area (Å²) < 4.78 is 0. The molecule has 3 atom stereocenters. The quantitative estimate of drug-likeness (QED) is 0.813. The monoisotopic (exact) mass is 329 g/mol. The van der Waals surface area contributed by atoms with Gasteiger partial charge in [0.1, 0.15) is 0 Å². The van der Waals surface area contributed by atoms with E-state index in [2.05, 4.69) is 17.1 Å². The first-order chi connectivity index (χ1) is 9.79. The first kappa shape index (κ1) is 16.4. The van der Waals surface area contributed by atoms with Crippen LogP contribution in [0, 0.1) is 11.8 Å². The summed E-state index contributed by atoms with van der Waals surface area (Å²) >= 11 is 12.2. The number of nitrogens with one attached hydrogen (secondary N) is 1. The third kappa shape index (κ3) is 4.02. The van der Waals surface area contributed by atoms with Crippen molar-refractivity contribution in [3.05, 3.63) is 22.2 Å².